The summed E-state index contributed by atoms with van der Waals surface area (Å²) in [6.45, 7) is 5.04. The van der Waals surface area contributed by atoms with Crippen molar-refractivity contribution in [3.05, 3.63) is 0 Å². The number of nitrogens with one attached hydrogen (secondary N) is 2. The quantitative estimate of drug-likeness (QED) is 0.522. The number of hydrogen-bond donors (Lipinski definition) is 2. The third-order valence-corrected chi connectivity index (χ3v) is 5.39. The van der Waals surface area contributed by atoms with Gasteiger partial charge in [0, 0.05) is 6.54 Å². The van der Waals surface area contributed by atoms with Crippen LogP contribution in [0.4, 0.5) is 0 Å². The number of carbonyl (C=O) groups excluding carboxylic acids is 1. The second kappa shape index (κ2) is 8.70. The Labute approximate surface area is 141 Å². The van der Waals surface area contributed by atoms with Gasteiger partial charge in [0.05, 0.1) is 0 Å². The number of rotatable bonds is 12. The van der Waals surface area contributed by atoms with Crippen LogP contribution in [0.1, 0.15) is 90.9 Å². The molecule has 23 heavy (non-hydrogen) atoms. The van der Waals surface area contributed by atoms with E-state index >= 15 is 0 Å². The molecule has 2 rings (SSSR count). The normalized spacial score (nSPS) is 20.2. The fourth-order valence-electron chi connectivity index (χ4n) is 3.63. The maximum absolute atomic E-state index is 13.0. The topological polar surface area (TPSA) is 56.2 Å². The third-order valence-electron chi connectivity index (χ3n) is 5.39. The van der Waals surface area contributed by atoms with E-state index in [0.29, 0.717) is 5.96 Å². The van der Waals surface area contributed by atoms with Crippen molar-refractivity contribution in [1.29, 1.82) is 5.41 Å². The van der Waals surface area contributed by atoms with Gasteiger partial charge in [-0.2, -0.15) is 0 Å². The minimum atomic E-state index is -0.489. The minimum absolute atomic E-state index is 0.159. The molecule has 0 aromatic heterocycles. The lowest BCUT2D eigenvalue weighted by Gasteiger charge is -2.27. The van der Waals surface area contributed by atoms with E-state index in [1.807, 2.05) is 0 Å². The second-order valence-corrected chi connectivity index (χ2v) is 7.51. The van der Waals surface area contributed by atoms with Crippen LogP contribution in [0.5, 0.6) is 0 Å². The summed E-state index contributed by atoms with van der Waals surface area (Å²) < 4.78 is 0. The van der Waals surface area contributed by atoms with E-state index in [9.17, 15) is 4.79 Å². The van der Waals surface area contributed by atoms with E-state index < -0.39 is 5.54 Å². The first-order valence-electron chi connectivity index (χ1n) is 9.81. The van der Waals surface area contributed by atoms with Gasteiger partial charge in [-0.25, -0.2) is 0 Å². The first kappa shape index (κ1) is 18.3. The molecule has 2 fully saturated rings. The molecule has 2 aliphatic rings. The molecule has 1 saturated heterocycles. The number of amides is 1. The van der Waals surface area contributed by atoms with Gasteiger partial charge in [0.1, 0.15) is 5.54 Å². The molecule has 4 heteroatoms. The molecule has 1 aliphatic heterocycles. The van der Waals surface area contributed by atoms with Crippen LogP contribution >= 0.6 is 0 Å². The van der Waals surface area contributed by atoms with E-state index in [1.54, 1.807) is 4.90 Å². The monoisotopic (exact) mass is 321 g/mol. The van der Waals surface area contributed by atoms with E-state index in [1.165, 1.54) is 32.1 Å². The van der Waals surface area contributed by atoms with Crippen LogP contribution in [0, 0.1) is 11.3 Å². The Balaban J connectivity index is 1.84. The zero-order chi connectivity index (χ0) is 16.7. The predicted molar refractivity (Wildman–Crippen MR) is 95.5 cm³/mol. The lowest BCUT2D eigenvalue weighted by Crippen LogP contribution is -2.47. The Morgan fingerprint density at radius 2 is 1.74 bits per heavy atom. The molecule has 0 bridgehead atoms. The first-order chi connectivity index (χ1) is 11.1. The highest BCUT2D eigenvalue weighted by Gasteiger charge is 2.47. The van der Waals surface area contributed by atoms with Gasteiger partial charge in [-0.15, -0.1) is 0 Å². The summed E-state index contributed by atoms with van der Waals surface area (Å²) >= 11 is 0. The smallest absolute Gasteiger partial charge is 0.255 e. The van der Waals surface area contributed by atoms with E-state index in [2.05, 4.69) is 19.2 Å². The van der Waals surface area contributed by atoms with Crippen LogP contribution in [-0.4, -0.2) is 28.9 Å². The second-order valence-electron chi connectivity index (χ2n) is 7.51. The van der Waals surface area contributed by atoms with Crippen LogP contribution in [-0.2, 0) is 4.79 Å². The Bertz CT molecular complexity index is 395. The molecule has 2 N–H and O–H groups in total. The van der Waals surface area contributed by atoms with Crippen molar-refractivity contribution >= 4 is 11.9 Å². The van der Waals surface area contributed by atoms with Crippen LogP contribution in [0.3, 0.4) is 0 Å². The van der Waals surface area contributed by atoms with Gasteiger partial charge < -0.3 is 5.32 Å². The Morgan fingerprint density at radius 1 is 1.09 bits per heavy atom. The first-order valence-corrected chi connectivity index (χ1v) is 9.81. The molecule has 4 nitrogen and oxygen atoms in total. The molecule has 1 saturated carbocycles. The average Bonchev–Trinajstić information content (AvgIpc) is 3.33. The van der Waals surface area contributed by atoms with Crippen molar-refractivity contribution in [3.8, 4) is 0 Å². The minimum Gasteiger partial charge on any atom is -0.342 e. The Hall–Kier alpha value is -1.06. The van der Waals surface area contributed by atoms with Crippen molar-refractivity contribution in [2.75, 3.05) is 6.54 Å². The van der Waals surface area contributed by atoms with Gasteiger partial charge in [0.15, 0.2) is 5.96 Å². The molecule has 1 amide bonds. The molecule has 0 atom stereocenters. The number of guanidine groups is 1. The van der Waals surface area contributed by atoms with E-state index in [0.717, 1.165) is 57.4 Å². The summed E-state index contributed by atoms with van der Waals surface area (Å²) in [4.78, 5) is 14.7. The van der Waals surface area contributed by atoms with Crippen LogP contribution in [0.15, 0.2) is 0 Å². The summed E-state index contributed by atoms with van der Waals surface area (Å²) in [5, 5.41) is 11.5. The largest absolute Gasteiger partial charge is 0.342 e. The van der Waals surface area contributed by atoms with E-state index in [-0.39, 0.29) is 5.91 Å². The molecule has 1 heterocycles. The third kappa shape index (κ3) is 4.95. The average molecular weight is 322 g/mol. The summed E-state index contributed by atoms with van der Waals surface area (Å²) in [6, 6.07) is 0. The molecule has 0 aromatic carbocycles. The van der Waals surface area contributed by atoms with E-state index in [4.69, 9.17) is 5.41 Å². The summed E-state index contributed by atoms with van der Waals surface area (Å²) in [5.74, 6) is 1.50. The molecule has 0 unspecified atom stereocenters. The van der Waals surface area contributed by atoms with Gasteiger partial charge in [-0.1, -0.05) is 71.6 Å². The van der Waals surface area contributed by atoms with Gasteiger partial charge in [0.25, 0.3) is 5.91 Å². The number of carbonyl (C=O) groups is 1. The standard InChI is InChI=1S/C19H35N3O/c1-3-5-13-19(14-6-4-2)17(23)22(18(20)21-19)15-9-7-8-10-16-11-12-16/h16H,3-15H2,1-2H3,(H2,20,21). The number of unbranched alkanes of at least 4 members (excludes halogenated alkanes) is 4. The fraction of sp³-hybridized carbons (Fsp3) is 0.895. The lowest BCUT2D eigenvalue weighted by atomic mass is 9.87. The molecular formula is C19H35N3O. The summed E-state index contributed by atoms with van der Waals surface area (Å²) in [7, 11) is 0. The fourth-order valence-corrected chi connectivity index (χ4v) is 3.63. The van der Waals surface area contributed by atoms with Gasteiger partial charge >= 0.3 is 0 Å². The highest BCUT2D eigenvalue weighted by atomic mass is 16.2. The van der Waals surface area contributed by atoms with Crippen molar-refractivity contribution in [3.63, 3.8) is 0 Å². The SMILES string of the molecule is CCCCC1(CCCC)NC(=N)N(CCCCCC2CC2)C1=O. The van der Waals surface area contributed by atoms with Crippen molar-refractivity contribution in [1.82, 2.24) is 10.2 Å². The van der Waals surface area contributed by atoms with Gasteiger partial charge in [-0.3, -0.25) is 15.1 Å². The molecular weight excluding hydrogens is 286 g/mol. The highest BCUT2D eigenvalue weighted by molar-refractivity contribution is 6.07. The molecule has 132 valence electrons. The lowest BCUT2D eigenvalue weighted by molar-refractivity contribution is -0.131. The van der Waals surface area contributed by atoms with Gasteiger partial charge in [-0.05, 0) is 25.2 Å². The Kier molecular flexibility index (Phi) is 6.91. The molecule has 1 aliphatic carbocycles. The van der Waals surface area contributed by atoms with Gasteiger partial charge in [0.2, 0.25) is 0 Å². The Morgan fingerprint density at radius 3 is 2.30 bits per heavy atom. The number of hydrogen-bond acceptors (Lipinski definition) is 2. The molecule has 0 radical (unpaired) electrons. The van der Waals surface area contributed by atoms with Crippen molar-refractivity contribution < 1.29 is 4.79 Å². The molecule has 0 spiro atoms. The maximum atomic E-state index is 13.0. The van der Waals surface area contributed by atoms with Crippen LogP contribution in [0.2, 0.25) is 0 Å². The van der Waals surface area contributed by atoms with Crippen LogP contribution in [0.25, 0.3) is 0 Å². The number of nitrogens with zero attached hydrogens (tertiary/aromatic N) is 1. The highest BCUT2D eigenvalue weighted by Crippen LogP contribution is 2.34. The maximum Gasteiger partial charge on any atom is 0.255 e. The van der Waals surface area contributed by atoms with Crippen LogP contribution < -0.4 is 5.32 Å². The zero-order valence-corrected chi connectivity index (χ0v) is 15.1. The summed E-state index contributed by atoms with van der Waals surface area (Å²) in [5.41, 5.74) is -0.489. The summed E-state index contributed by atoms with van der Waals surface area (Å²) in [6.07, 6.45) is 13.7. The zero-order valence-electron chi connectivity index (χ0n) is 15.1. The van der Waals surface area contributed by atoms with Crippen molar-refractivity contribution in [2.45, 2.75) is 96.4 Å². The van der Waals surface area contributed by atoms with Crippen molar-refractivity contribution in [2.24, 2.45) is 5.92 Å². The molecule has 0 aromatic rings. The predicted octanol–water partition coefficient (Wildman–Crippen LogP) is 4.44.